The molecule has 0 radical (unpaired) electrons. The predicted octanol–water partition coefficient (Wildman–Crippen LogP) is 1.98. The van der Waals surface area contributed by atoms with Crippen LogP contribution in [0.5, 0.6) is 11.5 Å². The highest BCUT2D eigenvalue weighted by Crippen LogP contribution is 2.31. The lowest BCUT2D eigenvalue weighted by Crippen LogP contribution is -2.40. The summed E-state index contributed by atoms with van der Waals surface area (Å²) in [6.45, 7) is 0.0263. The van der Waals surface area contributed by atoms with Crippen molar-refractivity contribution >= 4 is 27.3 Å². The van der Waals surface area contributed by atoms with Crippen molar-refractivity contribution in [3.63, 3.8) is 0 Å². The standard InChI is InChI=1S/C16H15FN2O5S/c1-25(21,22)19-12-8-10(6-7-11(12)17)18-16(20)15-9-23-13-4-2-3-5-14(13)24-15/h2-8,15,19H,9H2,1H3,(H,18,20). The van der Waals surface area contributed by atoms with Gasteiger partial charge in [0.05, 0.1) is 11.9 Å². The van der Waals surface area contributed by atoms with Crippen molar-refractivity contribution in [1.82, 2.24) is 0 Å². The van der Waals surface area contributed by atoms with Crippen molar-refractivity contribution in [2.24, 2.45) is 0 Å². The molecular formula is C16H15FN2O5S. The summed E-state index contributed by atoms with van der Waals surface area (Å²) in [6.07, 6.45) is 0.0220. The van der Waals surface area contributed by atoms with Gasteiger partial charge in [-0.1, -0.05) is 12.1 Å². The highest BCUT2D eigenvalue weighted by molar-refractivity contribution is 7.92. The second kappa shape index (κ2) is 6.60. The van der Waals surface area contributed by atoms with E-state index in [1.54, 1.807) is 24.3 Å². The second-order valence-corrected chi connectivity index (χ2v) is 7.17. The molecule has 25 heavy (non-hydrogen) atoms. The number of fused-ring (bicyclic) bond motifs is 1. The Hall–Kier alpha value is -2.81. The summed E-state index contributed by atoms with van der Waals surface area (Å²) in [5.74, 6) is -0.249. The minimum Gasteiger partial charge on any atom is -0.485 e. The maximum atomic E-state index is 13.7. The normalized spacial score (nSPS) is 16.2. The SMILES string of the molecule is CS(=O)(=O)Nc1cc(NC(=O)C2COc3ccccc3O2)ccc1F. The van der Waals surface area contributed by atoms with Gasteiger partial charge < -0.3 is 14.8 Å². The van der Waals surface area contributed by atoms with E-state index in [-0.39, 0.29) is 18.0 Å². The molecule has 0 spiro atoms. The number of para-hydroxylation sites is 2. The van der Waals surface area contributed by atoms with Crippen LogP contribution in [0.4, 0.5) is 15.8 Å². The summed E-state index contributed by atoms with van der Waals surface area (Å²) >= 11 is 0. The fourth-order valence-corrected chi connectivity index (χ4v) is 2.81. The molecule has 2 aromatic carbocycles. The van der Waals surface area contributed by atoms with Crippen LogP contribution >= 0.6 is 0 Å². The van der Waals surface area contributed by atoms with Crippen LogP contribution < -0.4 is 19.5 Å². The van der Waals surface area contributed by atoms with Crippen LogP contribution in [0.2, 0.25) is 0 Å². The van der Waals surface area contributed by atoms with Gasteiger partial charge in [-0.25, -0.2) is 12.8 Å². The summed E-state index contributed by atoms with van der Waals surface area (Å²) in [5, 5.41) is 2.55. The first kappa shape index (κ1) is 17.0. The molecular weight excluding hydrogens is 351 g/mol. The molecule has 0 aliphatic carbocycles. The maximum Gasteiger partial charge on any atom is 0.269 e. The van der Waals surface area contributed by atoms with E-state index in [1.165, 1.54) is 12.1 Å². The van der Waals surface area contributed by atoms with Crippen molar-refractivity contribution < 1.29 is 27.1 Å². The summed E-state index contributed by atoms with van der Waals surface area (Å²) < 4.78 is 49.3. The third-order valence-corrected chi connectivity index (χ3v) is 3.92. The van der Waals surface area contributed by atoms with E-state index in [1.807, 2.05) is 4.72 Å². The number of anilines is 2. The molecule has 0 saturated heterocycles. The van der Waals surface area contributed by atoms with Gasteiger partial charge in [0.1, 0.15) is 12.4 Å². The lowest BCUT2D eigenvalue weighted by molar-refractivity contribution is -0.125. The van der Waals surface area contributed by atoms with Crippen LogP contribution in [0.25, 0.3) is 0 Å². The van der Waals surface area contributed by atoms with E-state index in [9.17, 15) is 17.6 Å². The Kier molecular flexibility index (Phi) is 4.49. The molecule has 3 rings (SSSR count). The van der Waals surface area contributed by atoms with Gasteiger partial charge in [0.15, 0.2) is 11.5 Å². The molecule has 0 bridgehead atoms. The molecule has 132 valence electrons. The van der Waals surface area contributed by atoms with Gasteiger partial charge in [0.25, 0.3) is 5.91 Å². The van der Waals surface area contributed by atoms with Crippen LogP contribution in [-0.4, -0.2) is 33.3 Å². The largest absolute Gasteiger partial charge is 0.485 e. The number of sulfonamides is 1. The zero-order chi connectivity index (χ0) is 18.0. The smallest absolute Gasteiger partial charge is 0.269 e. The minimum absolute atomic E-state index is 0.0263. The number of amides is 1. The molecule has 1 amide bonds. The highest BCUT2D eigenvalue weighted by atomic mass is 32.2. The first-order chi connectivity index (χ1) is 11.8. The number of nitrogens with one attached hydrogen (secondary N) is 2. The van der Waals surface area contributed by atoms with Crippen molar-refractivity contribution in [2.75, 3.05) is 22.9 Å². The van der Waals surface area contributed by atoms with Gasteiger partial charge in [0.2, 0.25) is 16.1 Å². The predicted molar refractivity (Wildman–Crippen MR) is 89.8 cm³/mol. The van der Waals surface area contributed by atoms with Gasteiger partial charge in [-0.3, -0.25) is 9.52 Å². The molecule has 2 N–H and O–H groups in total. The van der Waals surface area contributed by atoms with E-state index in [0.29, 0.717) is 11.5 Å². The summed E-state index contributed by atoms with van der Waals surface area (Å²) in [6, 6.07) is 10.5. The first-order valence-corrected chi connectivity index (χ1v) is 9.18. The van der Waals surface area contributed by atoms with Crippen molar-refractivity contribution in [3.8, 4) is 11.5 Å². The number of benzene rings is 2. The van der Waals surface area contributed by atoms with Gasteiger partial charge >= 0.3 is 0 Å². The first-order valence-electron chi connectivity index (χ1n) is 7.28. The zero-order valence-electron chi connectivity index (χ0n) is 13.2. The van der Waals surface area contributed by atoms with E-state index >= 15 is 0 Å². The lowest BCUT2D eigenvalue weighted by Gasteiger charge is -2.25. The van der Waals surface area contributed by atoms with Crippen LogP contribution in [0.15, 0.2) is 42.5 Å². The number of carbonyl (C=O) groups is 1. The van der Waals surface area contributed by atoms with Gasteiger partial charge in [-0.2, -0.15) is 0 Å². The van der Waals surface area contributed by atoms with Crippen molar-refractivity contribution in [2.45, 2.75) is 6.10 Å². The summed E-state index contributed by atoms with van der Waals surface area (Å²) in [5.41, 5.74) is -0.0357. The number of rotatable bonds is 4. The average Bonchev–Trinajstić information content (AvgIpc) is 2.56. The van der Waals surface area contributed by atoms with Crippen molar-refractivity contribution in [3.05, 3.63) is 48.3 Å². The van der Waals surface area contributed by atoms with Crippen LogP contribution in [0.3, 0.4) is 0 Å². The van der Waals surface area contributed by atoms with Crippen LogP contribution in [0, 0.1) is 5.82 Å². The summed E-state index contributed by atoms with van der Waals surface area (Å²) in [7, 11) is -3.65. The molecule has 2 aromatic rings. The molecule has 0 aromatic heterocycles. The number of carbonyl (C=O) groups excluding carboxylic acids is 1. The average molecular weight is 366 g/mol. The van der Waals surface area contributed by atoms with Crippen LogP contribution in [-0.2, 0) is 14.8 Å². The third kappa shape index (κ3) is 4.18. The molecule has 9 heteroatoms. The minimum atomic E-state index is -3.65. The Labute approximate surface area is 143 Å². The molecule has 1 heterocycles. The second-order valence-electron chi connectivity index (χ2n) is 5.42. The molecule has 0 fully saturated rings. The Bertz CT molecular complexity index is 916. The third-order valence-electron chi connectivity index (χ3n) is 3.33. The van der Waals surface area contributed by atoms with E-state index in [2.05, 4.69) is 5.32 Å². The topological polar surface area (TPSA) is 93.7 Å². The number of hydrogen-bond acceptors (Lipinski definition) is 5. The van der Waals surface area contributed by atoms with Gasteiger partial charge in [0, 0.05) is 5.69 Å². The molecule has 1 atom stereocenters. The quantitative estimate of drug-likeness (QED) is 0.863. The molecule has 1 aliphatic rings. The molecule has 0 saturated carbocycles. The van der Waals surface area contributed by atoms with Crippen LogP contribution in [0.1, 0.15) is 0 Å². The zero-order valence-corrected chi connectivity index (χ0v) is 14.0. The van der Waals surface area contributed by atoms with Gasteiger partial charge in [-0.05, 0) is 30.3 Å². The Morgan fingerprint density at radius 2 is 1.92 bits per heavy atom. The van der Waals surface area contributed by atoms with E-state index in [4.69, 9.17) is 9.47 Å². The van der Waals surface area contributed by atoms with Crippen molar-refractivity contribution in [1.29, 1.82) is 0 Å². The maximum absolute atomic E-state index is 13.7. The monoisotopic (exact) mass is 366 g/mol. The number of halogens is 1. The fraction of sp³-hybridized carbons (Fsp3) is 0.188. The Balaban J connectivity index is 1.72. The molecule has 7 nitrogen and oxygen atoms in total. The lowest BCUT2D eigenvalue weighted by atomic mass is 10.2. The highest BCUT2D eigenvalue weighted by Gasteiger charge is 2.27. The Morgan fingerprint density at radius 1 is 1.20 bits per heavy atom. The van der Waals surface area contributed by atoms with Gasteiger partial charge in [-0.15, -0.1) is 0 Å². The van der Waals surface area contributed by atoms with E-state index in [0.717, 1.165) is 12.3 Å². The summed E-state index contributed by atoms with van der Waals surface area (Å²) in [4.78, 5) is 12.3. The van der Waals surface area contributed by atoms with E-state index < -0.39 is 27.9 Å². The number of hydrogen-bond donors (Lipinski definition) is 2. The fourth-order valence-electron chi connectivity index (χ4n) is 2.25. The number of ether oxygens (including phenoxy) is 2. The molecule has 1 unspecified atom stereocenters. The Morgan fingerprint density at radius 3 is 2.64 bits per heavy atom. The molecule has 1 aliphatic heterocycles.